The minimum Gasteiger partial charge on any atom is -0.496 e. The van der Waals surface area contributed by atoms with Gasteiger partial charge in [-0.2, -0.15) is 0 Å². The number of ether oxygens (including phenoxy) is 1. The van der Waals surface area contributed by atoms with E-state index in [1.54, 1.807) is 19.5 Å². The molecule has 3 aromatic rings. The molecule has 0 saturated heterocycles. The Morgan fingerprint density at radius 1 is 1.04 bits per heavy atom. The highest BCUT2D eigenvalue weighted by Gasteiger charge is 2.09. The molecule has 2 aromatic carbocycles. The van der Waals surface area contributed by atoms with Gasteiger partial charge in [0.2, 0.25) is 0 Å². The van der Waals surface area contributed by atoms with E-state index in [0.717, 1.165) is 29.1 Å². The number of pyridine rings is 1. The molecule has 0 atom stereocenters. The number of hydrogen-bond donors (Lipinski definition) is 2. The molecule has 28 heavy (non-hydrogen) atoms. The van der Waals surface area contributed by atoms with E-state index in [2.05, 4.69) is 28.6 Å². The maximum Gasteiger partial charge on any atom is 0.252 e. The molecule has 5 nitrogen and oxygen atoms in total. The predicted molar refractivity (Wildman–Crippen MR) is 112 cm³/mol. The second-order valence-corrected chi connectivity index (χ2v) is 6.42. The van der Waals surface area contributed by atoms with Crippen molar-refractivity contribution in [2.45, 2.75) is 19.8 Å². The first kappa shape index (κ1) is 19.4. The first-order valence-electron chi connectivity index (χ1n) is 9.41. The van der Waals surface area contributed by atoms with Gasteiger partial charge in [-0.3, -0.25) is 9.78 Å². The number of methoxy groups -OCH3 is 1. The van der Waals surface area contributed by atoms with E-state index < -0.39 is 0 Å². The number of para-hydroxylation sites is 2. The van der Waals surface area contributed by atoms with Crippen LogP contribution in [0.25, 0.3) is 0 Å². The van der Waals surface area contributed by atoms with Crippen LogP contribution >= 0.6 is 0 Å². The Morgan fingerprint density at radius 3 is 2.57 bits per heavy atom. The van der Waals surface area contributed by atoms with Gasteiger partial charge < -0.3 is 15.4 Å². The van der Waals surface area contributed by atoms with Crippen LogP contribution < -0.4 is 15.4 Å². The minimum absolute atomic E-state index is 0.144. The number of amides is 1. The molecule has 0 bridgehead atoms. The molecule has 5 heteroatoms. The topological polar surface area (TPSA) is 63.2 Å². The highest BCUT2D eigenvalue weighted by Crippen LogP contribution is 2.21. The summed E-state index contributed by atoms with van der Waals surface area (Å²) in [5.74, 6) is 0.689. The number of hydrogen-bond acceptors (Lipinski definition) is 4. The van der Waals surface area contributed by atoms with Crippen molar-refractivity contribution in [2.75, 3.05) is 19.0 Å². The molecule has 3 rings (SSSR count). The lowest BCUT2D eigenvalue weighted by Crippen LogP contribution is -2.26. The molecule has 0 spiro atoms. The van der Waals surface area contributed by atoms with Crippen molar-refractivity contribution in [1.82, 2.24) is 10.3 Å². The van der Waals surface area contributed by atoms with Crippen molar-refractivity contribution in [1.29, 1.82) is 0 Å². The number of nitrogens with zero attached hydrogens (tertiary/aromatic N) is 1. The molecule has 0 radical (unpaired) electrons. The molecular weight excluding hydrogens is 350 g/mol. The molecule has 1 aromatic heterocycles. The largest absolute Gasteiger partial charge is 0.496 e. The summed E-state index contributed by atoms with van der Waals surface area (Å²) in [7, 11) is 1.65. The summed E-state index contributed by atoms with van der Waals surface area (Å²) < 4.78 is 5.35. The third-order valence-electron chi connectivity index (χ3n) is 4.55. The predicted octanol–water partition coefficient (Wildman–Crippen LogP) is 4.37. The van der Waals surface area contributed by atoms with Gasteiger partial charge in [-0.1, -0.05) is 43.3 Å². The van der Waals surface area contributed by atoms with Gasteiger partial charge in [-0.05, 0) is 42.2 Å². The molecule has 0 aliphatic carbocycles. The average Bonchev–Trinajstić information content (AvgIpc) is 2.74. The van der Waals surface area contributed by atoms with Crippen LogP contribution in [0.1, 0.15) is 28.4 Å². The van der Waals surface area contributed by atoms with Crippen LogP contribution in [-0.2, 0) is 12.8 Å². The molecule has 0 fully saturated rings. The zero-order chi connectivity index (χ0) is 19.8. The number of benzene rings is 2. The highest BCUT2D eigenvalue weighted by atomic mass is 16.5. The Labute approximate surface area is 165 Å². The lowest BCUT2D eigenvalue weighted by molar-refractivity contribution is 0.0953. The van der Waals surface area contributed by atoms with Crippen molar-refractivity contribution < 1.29 is 9.53 Å². The van der Waals surface area contributed by atoms with Crippen LogP contribution in [0.4, 0.5) is 11.4 Å². The summed E-state index contributed by atoms with van der Waals surface area (Å²) >= 11 is 0. The Hall–Kier alpha value is -3.34. The third-order valence-corrected chi connectivity index (χ3v) is 4.55. The summed E-state index contributed by atoms with van der Waals surface area (Å²) in [6, 6.07) is 17.8. The fraction of sp³-hybridized carbons (Fsp3) is 0.217. The number of aryl methyl sites for hydroxylation is 1. The molecule has 0 unspecified atom stereocenters. The van der Waals surface area contributed by atoms with Crippen molar-refractivity contribution in [3.63, 3.8) is 0 Å². The van der Waals surface area contributed by atoms with Crippen molar-refractivity contribution >= 4 is 17.3 Å². The second kappa shape index (κ2) is 9.55. The van der Waals surface area contributed by atoms with E-state index in [4.69, 9.17) is 4.74 Å². The third kappa shape index (κ3) is 4.88. The van der Waals surface area contributed by atoms with Crippen LogP contribution in [0, 0.1) is 0 Å². The van der Waals surface area contributed by atoms with Crippen molar-refractivity contribution in [2.24, 2.45) is 0 Å². The second-order valence-electron chi connectivity index (χ2n) is 6.42. The normalized spacial score (nSPS) is 10.4. The molecule has 0 saturated carbocycles. The monoisotopic (exact) mass is 375 g/mol. The van der Waals surface area contributed by atoms with Gasteiger partial charge in [0.1, 0.15) is 5.75 Å². The lowest BCUT2D eigenvalue weighted by Gasteiger charge is -2.12. The first-order valence-corrected chi connectivity index (χ1v) is 9.41. The number of nitrogens with one attached hydrogen (secondary N) is 2. The van der Waals surface area contributed by atoms with Crippen LogP contribution in [0.2, 0.25) is 0 Å². The number of anilines is 2. The fourth-order valence-electron chi connectivity index (χ4n) is 3.06. The molecular formula is C23H25N3O2. The van der Waals surface area contributed by atoms with Gasteiger partial charge >= 0.3 is 0 Å². The van der Waals surface area contributed by atoms with Crippen molar-refractivity contribution in [3.05, 3.63) is 83.7 Å². The Morgan fingerprint density at radius 2 is 1.79 bits per heavy atom. The van der Waals surface area contributed by atoms with E-state index in [1.165, 1.54) is 5.56 Å². The van der Waals surface area contributed by atoms with Gasteiger partial charge in [0.05, 0.1) is 24.6 Å². The molecule has 0 aliphatic heterocycles. The SMILES string of the molecule is CCc1ccccc1Nc1cncc(C(=O)NCCc2ccccc2OC)c1. The highest BCUT2D eigenvalue weighted by molar-refractivity contribution is 5.94. The summed E-state index contributed by atoms with van der Waals surface area (Å²) in [5.41, 5.74) is 4.63. The molecule has 1 heterocycles. The maximum absolute atomic E-state index is 12.5. The van der Waals surface area contributed by atoms with E-state index >= 15 is 0 Å². The molecule has 0 aliphatic rings. The number of carbonyl (C=O) groups is 1. The quantitative estimate of drug-likeness (QED) is 0.614. The van der Waals surface area contributed by atoms with Crippen LogP contribution in [0.3, 0.4) is 0 Å². The zero-order valence-electron chi connectivity index (χ0n) is 16.2. The Balaban J connectivity index is 1.62. The summed E-state index contributed by atoms with van der Waals surface area (Å²) in [4.78, 5) is 16.7. The Kier molecular flexibility index (Phi) is 6.63. The summed E-state index contributed by atoms with van der Waals surface area (Å²) in [6.07, 6.45) is 4.93. The van der Waals surface area contributed by atoms with Crippen LogP contribution in [0.5, 0.6) is 5.75 Å². The van der Waals surface area contributed by atoms with Gasteiger partial charge in [0.15, 0.2) is 0 Å². The molecule has 2 N–H and O–H groups in total. The van der Waals surface area contributed by atoms with Gasteiger partial charge in [0, 0.05) is 18.4 Å². The van der Waals surface area contributed by atoms with E-state index in [0.29, 0.717) is 18.5 Å². The van der Waals surface area contributed by atoms with Crippen LogP contribution in [-0.4, -0.2) is 24.5 Å². The smallest absolute Gasteiger partial charge is 0.252 e. The molecule has 1 amide bonds. The average molecular weight is 375 g/mol. The summed E-state index contributed by atoms with van der Waals surface area (Å²) in [5, 5.41) is 6.31. The van der Waals surface area contributed by atoms with E-state index in [-0.39, 0.29) is 5.91 Å². The minimum atomic E-state index is -0.144. The maximum atomic E-state index is 12.5. The number of rotatable bonds is 8. The van der Waals surface area contributed by atoms with Gasteiger partial charge in [0.25, 0.3) is 5.91 Å². The number of carbonyl (C=O) groups excluding carboxylic acids is 1. The zero-order valence-corrected chi connectivity index (χ0v) is 16.2. The number of aromatic nitrogens is 1. The fourth-order valence-corrected chi connectivity index (χ4v) is 3.06. The lowest BCUT2D eigenvalue weighted by atomic mass is 10.1. The van der Waals surface area contributed by atoms with E-state index in [9.17, 15) is 4.79 Å². The molecule has 144 valence electrons. The van der Waals surface area contributed by atoms with Crippen molar-refractivity contribution in [3.8, 4) is 5.75 Å². The summed E-state index contributed by atoms with van der Waals surface area (Å²) in [6.45, 7) is 2.64. The Bertz CT molecular complexity index is 940. The van der Waals surface area contributed by atoms with E-state index in [1.807, 2.05) is 48.5 Å². The van der Waals surface area contributed by atoms with Gasteiger partial charge in [-0.15, -0.1) is 0 Å². The first-order chi connectivity index (χ1) is 13.7. The standard InChI is InChI=1S/C23H25N3O2/c1-3-17-8-4-6-10-21(17)26-20-14-19(15-24-16-20)23(27)25-13-12-18-9-5-7-11-22(18)28-2/h4-11,14-16,26H,3,12-13H2,1-2H3,(H,25,27). The van der Waals surface area contributed by atoms with Crippen LogP contribution in [0.15, 0.2) is 67.0 Å². The van der Waals surface area contributed by atoms with Gasteiger partial charge in [-0.25, -0.2) is 0 Å².